The molecule has 1 nitrogen and oxygen atoms in total. The molecule has 0 heterocycles. The summed E-state index contributed by atoms with van der Waals surface area (Å²) in [7, 11) is 0. The van der Waals surface area contributed by atoms with Crippen LogP contribution in [0.1, 0.15) is 77.6 Å². The van der Waals surface area contributed by atoms with Gasteiger partial charge in [0, 0.05) is 0 Å². The zero-order chi connectivity index (χ0) is 12.1. The van der Waals surface area contributed by atoms with Crippen LogP contribution in [0.4, 0.5) is 0 Å². The first-order valence-corrected chi connectivity index (χ1v) is 7.63. The van der Waals surface area contributed by atoms with Crippen molar-refractivity contribution in [3.05, 3.63) is 11.6 Å². The summed E-state index contributed by atoms with van der Waals surface area (Å²) in [6.45, 7) is 2.33. The fourth-order valence-electron chi connectivity index (χ4n) is 3.43. The fraction of sp³-hybridized carbons (Fsp3) is 0.875. The zero-order valence-electron chi connectivity index (χ0n) is 11.4. The van der Waals surface area contributed by atoms with E-state index in [0.29, 0.717) is 0 Å². The van der Waals surface area contributed by atoms with Gasteiger partial charge in [0.15, 0.2) is 0 Å². The average molecular weight is 236 g/mol. The van der Waals surface area contributed by atoms with Gasteiger partial charge in [-0.2, -0.15) is 0 Å². The van der Waals surface area contributed by atoms with Crippen LogP contribution in [0, 0.1) is 5.92 Å². The maximum absolute atomic E-state index is 10.9. The molecule has 2 atom stereocenters. The third-order valence-corrected chi connectivity index (χ3v) is 4.73. The van der Waals surface area contributed by atoms with Crippen LogP contribution in [0.5, 0.6) is 0 Å². The van der Waals surface area contributed by atoms with Crippen molar-refractivity contribution < 1.29 is 5.11 Å². The molecule has 98 valence electrons. The van der Waals surface area contributed by atoms with E-state index < -0.39 is 5.60 Å². The molecule has 0 spiro atoms. The lowest BCUT2D eigenvalue weighted by atomic mass is 9.81. The summed E-state index contributed by atoms with van der Waals surface area (Å²) in [5.41, 5.74) is 0.938. The first-order valence-electron chi connectivity index (χ1n) is 7.63. The largest absolute Gasteiger partial charge is 0.386 e. The van der Waals surface area contributed by atoms with Crippen LogP contribution in [0.25, 0.3) is 0 Å². The van der Waals surface area contributed by atoms with Gasteiger partial charge in [0.1, 0.15) is 0 Å². The monoisotopic (exact) mass is 236 g/mol. The molecule has 0 aliphatic heterocycles. The van der Waals surface area contributed by atoms with Gasteiger partial charge in [-0.3, -0.25) is 0 Å². The second-order valence-corrected chi connectivity index (χ2v) is 6.25. The topological polar surface area (TPSA) is 20.2 Å². The maximum Gasteiger partial charge on any atom is 0.0856 e. The van der Waals surface area contributed by atoms with Crippen molar-refractivity contribution in [1.29, 1.82) is 0 Å². The van der Waals surface area contributed by atoms with Crippen molar-refractivity contribution in [1.82, 2.24) is 0 Å². The van der Waals surface area contributed by atoms with Crippen LogP contribution in [0.15, 0.2) is 11.6 Å². The Balaban J connectivity index is 2.06. The Morgan fingerprint density at radius 2 is 1.88 bits per heavy atom. The summed E-state index contributed by atoms with van der Waals surface area (Å²) in [6, 6.07) is 0. The first kappa shape index (κ1) is 13.1. The summed E-state index contributed by atoms with van der Waals surface area (Å²) in [6.07, 6.45) is 15.7. The molecule has 0 saturated heterocycles. The zero-order valence-corrected chi connectivity index (χ0v) is 11.4. The van der Waals surface area contributed by atoms with Crippen molar-refractivity contribution in [2.24, 2.45) is 5.92 Å². The van der Waals surface area contributed by atoms with Crippen LogP contribution < -0.4 is 0 Å². The maximum atomic E-state index is 10.9. The predicted octanol–water partition coefficient (Wildman–Crippen LogP) is 4.60. The molecule has 2 aliphatic carbocycles. The molecule has 0 aromatic rings. The minimum atomic E-state index is -0.442. The number of hydrogen-bond acceptors (Lipinski definition) is 1. The molecule has 0 aromatic carbocycles. The minimum absolute atomic E-state index is 0.442. The van der Waals surface area contributed by atoms with Gasteiger partial charge in [0.25, 0.3) is 0 Å². The Morgan fingerprint density at radius 3 is 2.76 bits per heavy atom. The van der Waals surface area contributed by atoms with E-state index in [0.717, 1.165) is 25.2 Å². The highest BCUT2D eigenvalue weighted by Gasteiger charge is 2.33. The molecule has 2 rings (SSSR count). The van der Waals surface area contributed by atoms with E-state index in [1.54, 1.807) is 0 Å². The Morgan fingerprint density at radius 1 is 1.06 bits per heavy atom. The van der Waals surface area contributed by atoms with Gasteiger partial charge in [-0.1, -0.05) is 32.3 Å². The number of allylic oxidation sites excluding steroid dienone is 1. The molecule has 0 radical (unpaired) electrons. The van der Waals surface area contributed by atoms with E-state index in [9.17, 15) is 5.11 Å². The van der Waals surface area contributed by atoms with Gasteiger partial charge < -0.3 is 5.11 Å². The molecule has 1 saturated carbocycles. The number of rotatable bonds is 1. The van der Waals surface area contributed by atoms with Gasteiger partial charge in [-0.25, -0.2) is 0 Å². The van der Waals surface area contributed by atoms with Crippen molar-refractivity contribution in [3.63, 3.8) is 0 Å². The highest BCUT2D eigenvalue weighted by atomic mass is 16.3. The third kappa shape index (κ3) is 3.58. The van der Waals surface area contributed by atoms with Crippen LogP contribution >= 0.6 is 0 Å². The first-order chi connectivity index (χ1) is 8.21. The molecular weight excluding hydrogens is 208 g/mol. The third-order valence-electron chi connectivity index (χ3n) is 4.73. The van der Waals surface area contributed by atoms with Gasteiger partial charge >= 0.3 is 0 Å². The highest BCUT2D eigenvalue weighted by molar-refractivity contribution is 5.17. The van der Waals surface area contributed by atoms with Crippen LogP contribution in [-0.2, 0) is 0 Å². The Labute approximate surface area is 106 Å². The van der Waals surface area contributed by atoms with Crippen molar-refractivity contribution in [2.45, 2.75) is 83.2 Å². The van der Waals surface area contributed by atoms with Crippen LogP contribution in [0.2, 0.25) is 0 Å². The number of aliphatic hydroxyl groups is 1. The van der Waals surface area contributed by atoms with Gasteiger partial charge in [-0.15, -0.1) is 0 Å². The second-order valence-electron chi connectivity index (χ2n) is 6.25. The molecule has 0 bridgehead atoms. The quantitative estimate of drug-likeness (QED) is 0.521. The normalized spacial score (nSPS) is 36.6. The summed E-state index contributed by atoms with van der Waals surface area (Å²) < 4.78 is 0. The van der Waals surface area contributed by atoms with Crippen LogP contribution in [-0.4, -0.2) is 10.7 Å². The molecule has 2 unspecified atom stereocenters. The highest BCUT2D eigenvalue weighted by Crippen LogP contribution is 2.38. The van der Waals surface area contributed by atoms with Crippen molar-refractivity contribution >= 4 is 0 Å². The average Bonchev–Trinajstić information content (AvgIpc) is 2.41. The molecule has 1 fully saturated rings. The van der Waals surface area contributed by atoms with E-state index in [1.807, 2.05) is 0 Å². The Bertz CT molecular complexity index is 269. The Kier molecular flexibility index (Phi) is 4.67. The van der Waals surface area contributed by atoms with E-state index in [2.05, 4.69) is 13.0 Å². The molecular formula is C16H28O. The lowest BCUT2D eigenvalue weighted by molar-refractivity contribution is 0.0568. The molecule has 1 heteroatoms. The lowest BCUT2D eigenvalue weighted by Crippen LogP contribution is -2.31. The van der Waals surface area contributed by atoms with Crippen molar-refractivity contribution in [3.8, 4) is 0 Å². The van der Waals surface area contributed by atoms with Crippen LogP contribution in [0.3, 0.4) is 0 Å². The van der Waals surface area contributed by atoms with E-state index in [1.165, 1.54) is 56.9 Å². The number of hydrogen-bond donors (Lipinski definition) is 1. The molecule has 0 aromatic heterocycles. The van der Waals surface area contributed by atoms with E-state index >= 15 is 0 Å². The van der Waals surface area contributed by atoms with Gasteiger partial charge in [0.2, 0.25) is 0 Å². The summed E-state index contributed by atoms with van der Waals surface area (Å²) in [4.78, 5) is 0. The van der Waals surface area contributed by atoms with E-state index in [4.69, 9.17) is 0 Å². The Hall–Kier alpha value is -0.300. The van der Waals surface area contributed by atoms with Gasteiger partial charge in [0.05, 0.1) is 5.60 Å². The minimum Gasteiger partial charge on any atom is -0.386 e. The van der Waals surface area contributed by atoms with Gasteiger partial charge in [-0.05, 0) is 62.9 Å². The molecule has 2 aliphatic rings. The summed E-state index contributed by atoms with van der Waals surface area (Å²) in [5.74, 6) is 0.804. The predicted molar refractivity (Wildman–Crippen MR) is 73.0 cm³/mol. The standard InChI is InChI=1S/C16H28O/c1-14-8-7-12-16(17,13-11-14)15-9-5-3-2-4-6-10-15/h9,14,17H,2-8,10-13H2,1H3. The lowest BCUT2D eigenvalue weighted by Gasteiger charge is -2.31. The summed E-state index contributed by atoms with van der Waals surface area (Å²) >= 11 is 0. The van der Waals surface area contributed by atoms with E-state index in [-0.39, 0.29) is 0 Å². The second kappa shape index (κ2) is 6.04. The molecule has 0 amide bonds. The SMILES string of the molecule is CC1CCCC(O)(C2=CCCCCCC2)CC1. The molecule has 17 heavy (non-hydrogen) atoms. The molecule has 1 N–H and O–H groups in total. The summed E-state index contributed by atoms with van der Waals surface area (Å²) in [5, 5.41) is 10.9. The smallest absolute Gasteiger partial charge is 0.0856 e. The fourth-order valence-corrected chi connectivity index (χ4v) is 3.43. The van der Waals surface area contributed by atoms with Crippen molar-refractivity contribution in [2.75, 3.05) is 0 Å².